The van der Waals surface area contributed by atoms with E-state index in [1.165, 1.54) is 13.2 Å². The largest absolute Gasteiger partial charge is 0.495 e. The van der Waals surface area contributed by atoms with Crippen molar-refractivity contribution in [2.75, 3.05) is 7.11 Å². The van der Waals surface area contributed by atoms with Crippen LogP contribution >= 0.6 is 11.6 Å². The first-order chi connectivity index (χ1) is 8.31. The summed E-state index contributed by atoms with van der Waals surface area (Å²) in [7, 11) is -2.18. The number of benzene rings is 1. The summed E-state index contributed by atoms with van der Waals surface area (Å²) in [5, 5.41) is 0.373. The summed E-state index contributed by atoms with van der Waals surface area (Å²) in [5.41, 5.74) is 0.689. The van der Waals surface area contributed by atoms with E-state index < -0.39 is 10.0 Å². The molecule has 0 aliphatic rings. The van der Waals surface area contributed by atoms with Crippen LogP contribution in [0.4, 0.5) is 0 Å². The maximum atomic E-state index is 12.2. The normalized spacial score (nSPS) is 13.4. The van der Waals surface area contributed by atoms with Gasteiger partial charge in [0.15, 0.2) is 0 Å². The maximum Gasteiger partial charge on any atom is 0.244 e. The minimum Gasteiger partial charge on any atom is -0.495 e. The van der Waals surface area contributed by atoms with Crippen LogP contribution in [0.25, 0.3) is 0 Å². The van der Waals surface area contributed by atoms with Crippen LogP contribution in [0.2, 0.25) is 5.02 Å². The van der Waals surface area contributed by atoms with E-state index in [1.54, 1.807) is 19.9 Å². The molecule has 4 nitrogen and oxygen atoms in total. The molecule has 6 heteroatoms. The van der Waals surface area contributed by atoms with Crippen molar-refractivity contribution < 1.29 is 13.2 Å². The van der Waals surface area contributed by atoms with Gasteiger partial charge >= 0.3 is 0 Å². The van der Waals surface area contributed by atoms with Crippen molar-refractivity contribution in [2.24, 2.45) is 0 Å². The van der Waals surface area contributed by atoms with Crippen molar-refractivity contribution in [3.63, 3.8) is 0 Å². The SMILES string of the molecule is CCC(C)NS(=O)(=O)c1cc(Cl)cc(C)c1OC. The Labute approximate surface area is 113 Å². The Balaban J connectivity index is 3.31. The Bertz CT molecular complexity index is 528. The van der Waals surface area contributed by atoms with Gasteiger partial charge in [0.2, 0.25) is 10.0 Å². The molecule has 0 bridgehead atoms. The van der Waals surface area contributed by atoms with Gasteiger partial charge in [0.1, 0.15) is 10.6 Å². The van der Waals surface area contributed by atoms with Crippen LogP contribution in [-0.2, 0) is 10.0 Å². The number of sulfonamides is 1. The van der Waals surface area contributed by atoms with E-state index in [9.17, 15) is 8.42 Å². The average molecular weight is 292 g/mol. The first-order valence-corrected chi connectivity index (χ1v) is 7.54. The lowest BCUT2D eigenvalue weighted by molar-refractivity contribution is 0.399. The van der Waals surface area contributed by atoms with Crippen LogP contribution in [0, 0.1) is 6.92 Å². The second-order valence-corrected chi connectivity index (χ2v) is 6.30. The molecule has 102 valence electrons. The highest BCUT2D eigenvalue weighted by Crippen LogP contribution is 2.31. The van der Waals surface area contributed by atoms with Crippen molar-refractivity contribution in [1.29, 1.82) is 0 Å². The highest BCUT2D eigenvalue weighted by atomic mass is 35.5. The van der Waals surface area contributed by atoms with Crippen molar-refractivity contribution >= 4 is 21.6 Å². The molecule has 0 heterocycles. The zero-order chi connectivity index (χ0) is 13.9. The third-order valence-corrected chi connectivity index (χ3v) is 4.48. The molecule has 1 unspecified atom stereocenters. The number of hydrogen-bond donors (Lipinski definition) is 1. The minimum atomic E-state index is -3.62. The monoisotopic (exact) mass is 291 g/mol. The van der Waals surface area contributed by atoms with Gasteiger partial charge < -0.3 is 4.74 Å². The molecule has 0 aliphatic carbocycles. The summed E-state index contributed by atoms with van der Waals surface area (Å²) in [6.45, 7) is 5.47. The standard InChI is InChI=1S/C12H18ClNO3S/c1-5-9(3)14-18(15,16)11-7-10(13)6-8(2)12(11)17-4/h6-7,9,14H,5H2,1-4H3. The molecule has 1 rings (SSSR count). The summed E-state index contributed by atoms with van der Waals surface area (Å²) in [4.78, 5) is 0.0790. The molecule has 1 aromatic rings. The van der Waals surface area contributed by atoms with Crippen LogP contribution in [0.15, 0.2) is 17.0 Å². The number of methoxy groups -OCH3 is 1. The van der Waals surface area contributed by atoms with Gasteiger partial charge in [0, 0.05) is 11.1 Å². The van der Waals surface area contributed by atoms with Gasteiger partial charge in [0.05, 0.1) is 7.11 Å². The molecule has 0 aromatic heterocycles. The highest BCUT2D eigenvalue weighted by molar-refractivity contribution is 7.89. The van der Waals surface area contributed by atoms with E-state index in [4.69, 9.17) is 16.3 Å². The maximum absolute atomic E-state index is 12.2. The molecular weight excluding hydrogens is 274 g/mol. The molecule has 1 N–H and O–H groups in total. The van der Waals surface area contributed by atoms with Crippen molar-refractivity contribution in [3.8, 4) is 5.75 Å². The van der Waals surface area contributed by atoms with Crippen LogP contribution in [0.3, 0.4) is 0 Å². The summed E-state index contributed by atoms with van der Waals surface area (Å²) < 4.78 is 32.2. The smallest absolute Gasteiger partial charge is 0.244 e. The number of hydrogen-bond acceptors (Lipinski definition) is 3. The molecule has 0 radical (unpaired) electrons. The molecule has 1 atom stereocenters. The fourth-order valence-electron chi connectivity index (χ4n) is 1.57. The number of halogens is 1. The molecule has 0 spiro atoms. The lowest BCUT2D eigenvalue weighted by Gasteiger charge is -2.16. The Kier molecular flexibility index (Phi) is 5.01. The number of rotatable bonds is 5. The van der Waals surface area contributed by atoms with Gasteiger partial charge in [-0.05, 0) is 38.0 Å². The predicted octanol–water partition coefficient (Wildman–Crippen LogP) is 2.73. The van der Waals surface area contributed by atoms with Gasteiger partial charge in [-0.15, -0.1) is 0 Å². The van der Waals surface area contributed by atoms with Crippen LogP contribution < -0.4 is 9.46 Å². The molecule has 18 heavy (non-hydrogen) atoms. The van der Waals surface area contributed by atoms with Gasteiger partial charge in [0.25, 0.3) is 0 Å². The van der Waals surface area contributed by atoms with E-state index in [2.05, 4.69) is 4.72 Å². The second kappa shape index (κ2) is 5.91. The molecule has 0 saturated carbocycles. The fourth-order valence-corrected chi connectivity index (χ4v) is 3.50. The predicted molar refractivity (Wildman–Crippen MR) is 72.8 cm³/mol. The third kappa shape index (κ3) is 3.37. The summed E-state index contributed by atoms with van der Waals surface area (Å²) >= 11 is 5.91. The first kappa shape index (κ1) is 15.3. The van der Waals surface area contributed by atoms with Crippen LogP contribution in [0.1, 0.15) is 25.8 Å². The van der Waals surface area contributed by atoms with E-state index >= 15 is 0 Å². The highest BCUT2D eigenvalue weighted by Gasteiger charge is 2.23. The van der Waals surface area contributed by atoms with Gasteiger partial charge in [-0.3, -0.25) is 0 Å². The number of nitrogens with one attached hydrogen (secondary N) is 1. The van der Waals surface area contributed by atoms with E-state index in [0.717, 1.165) is 0 Å². The Morgan fingerprint density at radius 3 is 2.56 bits per heavy atom. The average Bonchev–Trinajstić information content (AvgIpc) is 2.27. The fraction of sp³-hybridized carbons (Fsp3) is 0.500. The van der Waals surface area contributed by atoms with Crippen molar-refractivity contribution in [2.45, 2.75) is 38.1 Å². The van der Waals surface area contributed by atoms with Gasteiger partial charge in [-0.1, -0.05) is 18.5 Å². The first-order valence-electron chi connectivity index (χ1n) is 5.68. The molecule has 0 fully saturated rings. The minimum absolute atomic E-state index is 0.0790. The molecular formula is C12H18ClNO3S. The number of aryl methyl sites for hydroxylation is 1. The Morgan fingerprint density at radius 2 is 2.06 bits per heavy atom. The number of ether oxygens (including phenoxy) is 1. The van der Waals surface area contributed by atoms with Gasteiger partial charge in [-0.2, -0.15) is 0 Å². The Hall–Kier alpha value is -0.780. The summed E-state index contributed by atoms with van der Waals surface area (Å²) in [5.74, 6) is 0.329. The Morgan fingerprint density at radius 1 is 1.44 bits per heavy atom. The van der Waals surface area contributed by atoms with Crippen LogP contribution in [-0.4, -0.2) is 21.6 Å². The zero-order valence-electron chi connectivity index (χ0n) is 11.0. The van der Waals surface area contributed by atoms with Crippen LogP contribution in [0.5, 0.6) is 5.75 Å². The zero-order valence-corrected chi connectivity index (χ0v) is 12.5. The second-order valence-electron chi connectivity index (χ2n) is 4.18. The molecule has 0 saturated heterocycles. The van der Waals surface area contributed by atoms with E-state index in [-0.39, 0.29) is 10.9 Å². The topological polar surface area (TPSA) is 55.4 Å². The molecule has 1 aromatic carbocycles. The van der Waals surface area contributed by atoms with E-state index in [1.807, 2.05) is 6.92 Å². The molecule has 0 amide bonds. The lowest BCUT2D eigenvalue weighted by atomic mass is 10.2. The summed E-state index contributed by atoms with van der Waals surface area (Å²) in [6, 6.07) is 2.93. The van der Waals surface area contributed by atoms with Gasteiger partial charge in [-0.25, -0.2) is 13.1 Å². The lowest BCUT2D eigenvalue weighted by Crippen LogP contribution is -2.32. The summed E-state index contributed by atoms with van der Waals surface area (Å²) in [6.07, 6.45) is 0.709. The van der Waals surface area contributed by atoms with Crippen molar-refractivity contribution in [1.82, 2.24) is 4.72 Å². The molecule has 0 aliphatic heterocycles. The van der Waals surface area contributed by atoms with Crippen molar-refractivity contribution in [3.05, 3.63) is 22.7 Å². The third-order valence-electron chi connectivity index (χ3n) is 2.67. The quantitative estimate of drug-likeness (QED) is 0.907. The van der Waals surface area contributed by atoms with E-state index in [0.29, 0.717) is 22.8 Å².